The van der Waals surface area contributed by atoms with E-state index in [0.717, 1.165) is 24.0 Å². The minimum atomic E-state index is -0.163. The third-order valence-corrected chi connectivity index (χ3v) is 2.58. The summed E-state index contributed by atoms with van der Waals surface area (Å²) in [4.78, 5) is 0. The van der Waals surface area contributed by atoms with Crippen molar-refractivity contribution in [3.8, 4) is 0 Å². The van der Waals surface area contributed by atoms with Crippen LogP contribution in [-0.2, 0) is 6.42 Å². The minimum Gasteiger partial charge on any atom is -0.324 e. The fraction of sp³-hybridized carbons (Fsp3) is 0.400. The van der Waals surface area contributed by atoms with E-state index < -0.39 is 0 Å². The van der Waals surface area contributed by atoms with Gasteiger partial charge in [0, 0.05) is 6.04 Å². The van der Waals surface area contributed by atoms with Gasteiger partial charge in [-0.3, -0.25) is 0 Å². The van der Waals surface area contributed by atoms with E-state index in [1.54, 1.807) is 12.1 Å². The topological polar surface area (TPSA) is 26.0 Å². The van der Waals surface area contributed by atoms with Crippen LogP contribution in [0.2, 0.25) is 0 Å². The van der Waals surface area contributed by atoms with Crippen LogP contribution in [0.4, 0.5) is 4.39 Å². The van der Waals surface area contributed by atoms with Crippen molar-refractivity contribution in [2.75, 3.05) is 0 Å². The van der Waals surface area contributed by atoms with Crippen LogP contribution in [0.3, 0.4) is 0 Å². The van der Waals surface area contributed by atoms with E-state index in [2.05, 4.69) is 0 Å². The van der Waals surface area contributed by atoms with E-state index in [1.807, 2.05) is 6.92 Å². The van der Waals surface area contributed by atoms with Gasteiger partial charge in [0.15, 0.2) is 0 Å². The third kappa shape index (κ3) is 1.69. The van der Waals surface area contributed by atoms with Crippen molar-refractivity contribution in [1.29, 1.82) is 0 Å². The lowest BCUT2D eigenvalue weighted by Crippen LogP contribution is -2.05. The molecule has 1 aliphatic carbocycles. The highest BCUT2D eigenvalue weighted by molar-refractivity contribution is 5.85. The van der Waals surface area contributed by atoms with E-state index in [0.29, 0.717) is 0 Å². The Morgan fingerprint density at radius 3 is 2.85 bits per heavy atom. The molecule has 0 amide bonds. The van der Waals surface area contributed by atoms with Gasteiger partial charge >= 0.3 is 0 Å². The Labute approximate surface area is 83.5 Å². The van der Waals surface area contributed by atoms with Crippen molar-refractivity contribution in [3.05, 3.63) is 34.6 Å². The number of hydrogen-bond donors (Lipinski definition) is 1. The van der Waals surface area contributed by atoms with E-state index in [9.17, 15) is 4.39 Å². The van der Waals surface area contributed by atoms with Crippen LogP contribution in [0.25, 0.3) is 0 Å². The lowest BCUT2D eigenvalue weighted by Gasteiger charge is -2.06. The molecule has 13 heavy (non-hydrogen) atoms. The second-order valence-corrected chi connectivity index (χ2v) is 3.44. The predicted octanol–water partition coefficient (Wildman–Crippen LogP) is 2.50. The van der Waals surface area contributed by atoms with Gasteiger partial charge in [0.25, 0.3) is 0 Å². The molecule has 0 saturated carbocycles. The first-order chi connectivity index (χ1) is 5.68. The molecule has 2 rings (SSSR count). The Balaban J connectivity index is 0.000000845. The summed E-state index contributed by atoms with van der Waals surface area (Å²) >= 11 is 0. The normalized spacial score (nSPS) is 19.5. The number of nitrogens with two attached hydrogens (primary N) is 1. The van der Waals surface area contributed by atoms with Gasteiger partial charge in [-0.2, -0.15) is 0 Å². The van der Waals surface area contributed by atoms with E-state index in [4.69, 9.17) is 5.73 Å². The van der Waals surface area contributed by atoms with Crippen LogP contribution in [0.15, 0.2) is 12.1 Å². The Morgan fingerprint density at radius 1 is 1.46 bits per heavy atom. The standard InChI is InChI=1S/C10H12FN.ClH/c1-6-4-7(11)5-9-8(6)2-3-10(9)12;/h4-5,10H,2-3,12H2,1H3;1H. The van der Waals surface area contributed by atoms with Crippen molar-refractivity contribution in [2.24, 2.45) is 5.73 Å². The minimum absolute atomic E-state index is 0. The molecule has 3 heteroatoms. The Bertz CT molecular complexity index is 325. The first kappa shape index (κ1) is 10.5. The van der Waals surface area contributed by atoms with E-state index in [-0.39, 0.29) is 24.3 Å². The summed E-state index contributed by atoms with van der Waals surface area (Å²) < 4.78 is 12.9. The summed E-state index contributed by atoms with van der Waals surface area (Å²) in [6.07, 6.45) is 1.96. The number of halogens is 2. The summed E-state index contributed by atoms with van der Waals surface area (Å²) in [6, 6.07) is 3.20. The first-order valence-corrected chi connectivity index (χ1v) is 4.23. The zero-order chi connectivity index (χ0) is 8.72. The molecule has 2 N–H and O–H groups in total. The van der Waals surface area contributed by atoms with Crippen LogP contribution in [0, 0.1) is 12.7 Å². The average molecular weight is 202 g/mol. The lowest BCUT2D eigenvalue weighted by molar-refractivity contribution is 0.621. The van der Waals surface area contributed by atoms with Crippen molar-refractivity contribution in [3.63, 3.8) is 0 Å². The summed E-state index contributed by atoms with van der Waals surface area (Å²) in [5, 5.41) is 0. The maximum Gasteiger partial charge on any atom is 0.123 e. The lowest BCUT2D eigenvalue weighted by atomic mass is 10.0. The molecular formula is C10H13ClFN. The highest BCUT2D eigenvalue weighted by Gasteiger charge is 2.20. The van der Waals surface area contributed by atoms with Crippen molar-refractivity contribution >= 4 is 12.4 Å². The van der Waals surface area contributed by atoms with Crippen LogP contribution in [0.5, 0.6) is 0 Å². The van der Waals surface area contributed by atoms with Gasteiger partial charge in [-0.25, -0.2) is 4.39 Å². The Morgan fingerprint density at radius 2 is 2.15 bits per heavy atom. The fourth-order valence-electron chi connectivity index (χ4n) is 1.93. The quantitative estimate of drug-likeness (QED) is 0.686. The molecule has 0 aliphatic heterocycles. The molecule has 0 bridgehead atoms. The summed E-state index contributed by atoms with van der Waals surface area (Å²) in [5.74, 6) is -0.163. The van der Waals surface area contributed by atoms with Crippen LogP contribution in [0.1, 0.15) is 29.2 Å². The molecule has 1 atom stereocenters. The highest BCUT2D eigenvalue weighted by atomic mass is 35.5. The molecule has 1 unspecified atom stereocenters. The van der Waals surface area contributed by atoms with Crippen LogP contribution < -0.4 is 5.73 Å². The molecule has 1 nitrogen and oxygen atoms in total. The Hall–Kier alpha value is -0.600. The van der Waals surface area contributed by atoms with Gasteiger partial charge in [0.2, 0.25) is 0 Å². The SMILES string of the molecule is Cc1cc(F)cc2c1CCC2N.Cl. The van der Waals surface area contributed by atoms with Crippen molar-refractivity contribution < 1.29 is 4.39 Å². The predicted molar refractivity (Wildman–Crippen MR) is 53.6 cm³/mol. The molecule has 1 aromatic rings. The number of hydrogen-bond acceptors (Lipinski definition) is 1. The zero-order valence-corrected chi connectivity index (χ0v) is 8.33. The van der Waals surface area contributed by atoms with Crippen LogP contribution in [-0.4, -0.2) is 0 Å². The van der Waals surface area contributed by atoms with Crippen LogP contribution >= 0.6 is 12.4 Å². The third-order valence-electron chi connectivity index (χ3n) is 2.58. The number of aryl methyl sites for hydroxylation is 1. The monoisotopic (exact) mass is 201 g/mol. The zero-order valence-electron chi connectivity index (χ0n) is 7.51. The smallest absolute Gasteiger partial charge is 0.123 e. The van der Waals surface area contributed by atoms with Crippen molar-refractivity contribution in [1.82, 2.24) is 0 Å². The van der Waals surface area contributed by atoms with Gasteiger partial charge < -0.3 is 5.73 Å². The highest BCUT2D eigenvalue weighted by Crippen LogP contribution is 2.31. The summed E-state index contributed by atoms with van der Waals surface area (Å²) in [7, 11) is 0. The first-order valence-electron chi connectivity index (χ1n) is 4.23. The average Bonchev–Trinajstić information content (AvgIpc) is 2.33. The molecular weight excluding hydrogens is 189 g/mol. The fourth-order valence-corrected chi connectivity index (χ4v) is 1.93. The number of benzene rings is 1. The van der Waals surface area contributed by atoms with Gasteiger partial charge in [-0.1, -0.05) is 0 Å². The van der Waals surface area contributed by atoms with Gasteiger partial charge in [-0.05, 0) is 48.6 Å². The molecule has 72 valence electrons. The summed E-state index contributed by atoms with van der Waals surface area (Å²) in [5.41, 5.74) is 9.12. The molecule has 0 aromatic heterocycles. The van der Waals surface area contributed by atoms with Gasteiger partial charge in [-0.15, -0.1) is 12.4 Å². The van der Waals surface area contributed by atoms with Crippen molar-refractivity contribution in [2.45, 2.75) is 25.8 Å². The number of fused-ring (bicyclic) bond motifs is 1. The molecule has 1 aromatic carbocycles. The largest absolute Gasteiger partial charge is 0.324 e. The molecule has 0 fully saturated rings. The molecule has 0 radical (unpaired) electrons. The number of rotatable bonds is 0. The summed E-state index contributed by atoms with van der Waals surface area (Å²) in [6.45, 7) is 1.94. The molecule has 0 saturated heterocycles. The maximum atomic E-state index is 12.9. The Kier molecular flexibility index (Phi) is 2.94. The molecule has 1 aliphatic rings. The van der Waals surface area contributed by atoms with E-state index in [1.165, 1.54) is 5.56 Å². The van der Waals surface area contributed by atoms with E-state index >= 15 is 0 Å². The second-order valence-electron chi connectivity index (χ2n) is 3.44. The second kappa shape index (κ2) is 3.64. The molecule has 0 heterocycles. The van der Waals surface area contributed by atoms with Gasteiger partial charge in [0.1, 0.15) is 5.82 Å². The maximum absolute atomic E-state index is 12.9. The van der Waals surface area contributed by atoms with Gasteiger partial charge in [0.05, 0.1) is 0 Å². The molecule has 0 spiro atoms.